The van der Waals surface area contributed by atoms with E-state index in [-0.39, 0.29) is 11.7 Å². The maximum Gasteiger partial charge on any atom is 0.283 e. The third kappa shape index (κ3) is 4.42. The minimum absolute atomic E-state index is 0.134. The van der Waals surface area contributed by atoms with E-state index in [0.29, 0.717) is 35.6 Å². The molecule has 1 aromatic rings. The van der Waals surface area contributed by atoms with Crippen molar-refractivity contribution in [3.63, 3.8) is 0 Å². The van der Waals surface area contributed by atoms with Crippen molar-refractivity contribution in [2.75, 3.05) is 11.9 Å². The Morgan fingerprint density at radius 2 is 2.17 bits per heavy atom. The van der Waals surface area contributed by atoms with Crippen LogP contribution in [0.2, 0.25) is 0 Å². The first-order chi connectivity index (χ1) is 8.41. The molecule has 1 rings (SSSR count). The van der Waals surface area contributed by atoms with E-state index >= 15 is 0 Å². The molecule has 1 aromatic heterocycles. The van der Waals surface area contributed by atoms with Gasteiger partial charge in [-0.05, 0) is 35.2 Å². The number of hydrogen-bond donors (Lipinski definition) is 2. The van der Waals surface area contributed by atoms with Crippen molar-refractivity contribution in [1.29, 1.82) is 0 Å². The summed E-state index contributed by atoms with van der Waals surface area (Å²) in [5.74, 6) is 0.371. The molecule has 102 valence electrons. The van der Waals surface area contributed by atoms with Gasteiger partial charge in [-0.3, -0.25) is 4.79 Å². The summed E-state index contributed by atoms with van der Waals surface area (Å²) in [4.78, 5) is 12.0. The lowest BCUT2D eigenvalue weighted by Crippen LogP contribution is -2.26. The van der Waals surface area contributed by atoms with Gasteiger partial charge in [-0.1, -0.05) is 13.8 Å². The van der Waals surface area contributed by atoms with Gasteiger partial charge in [-0.15, -0.1) is 0 Å². The number of hydrogen-bond acceptors (Lipinski definition) is 4. The minimum Gasteiger partial charge on any atom is -0.393 e. The first kappa shape index (κ1) is 15.2. The van der Waals surface area contributed by atoms with Crippen molar-refractivity contribution in [1.82, 2.24) is 9.78 Å². The Balaban J connectivity index is 2.78. The molecule has 18 heavy (non-hydrogen) atoms. The molecular weight excluding hydrogens is 298 g/mol. The lowest BCUT2D eigenvalue weighted by molar-refractivity contribution is 0.188. The van der Waals surface area contributed by atoms with Crippen LogP contribution >= 0.6 is 15.9 Å². The fraction of sp³-hybridized carbons (Fsp3) is 0.667. The summed E-state index contributed by atoms with van der Waals surface area (Å²) in [5, 5.41) is 16.4. The highest BCUT2D eigenvalue weighted by atomic mass is 79.9. The molecule has 1 unspecified atom stereocenters. The Morgan fingerprint density at radius 1 is 1.50 bits per heavy atom. The van der Waals surface area contributed by atoms with Crippen LogP contribution in [0.1, 0.15) is 27.2 Å². The summed E-state index contributed by atoms with van der Waals surface area (Å²) in [7, 11) is 0. The van der Waals surface area contributed by atoms with Gasteiger partial charge in [0.25, 0.3) is 5.56 Å². The lowest BCUT2D eigenvalue weighted by Gasteiger charge is -2.12. The summed E-state index contributed by atoms with van der Waals surface area (Å²) in [6.45, 7) is 7.01. The third-order valence-corrected chi connectivity index (χ3v) is 3.17. The quantitative estimate of drug-likeness (QED) is 0.840. The second kappa shape index (κ2) is 6.89. The molecule has 0 fully saturated rings. The highest BCUT2D eigenvalue weighted by Crippen LogP contribution is 2.16. The number of aromatic nitrogens is 2. The average molecular weight is 318 g/mol. The molecule has 0 aliphatic carbocycles. The smallest absolute Gasteiger partial charge is 0.283 e. The molecule has 6 heteroatoms. The molecule has 0 aromatic carbocycles. The zero-order valence-electron chi connectivity index (χ0n) is 11.0. The zero-order chi connectivity index (χ0) is 13.7. The number of nitrogens with one attached hydrogen (secondary N) is 1. The normalized spacial score (nSPS) is 12.8. The van der Waals surface area contributed by atoms with Gasteiger partial charge in [0.2, 0.25) is 0 Å². The van der Waals surface area contributed by atoms with Gasteiger partial charge in [0.05, 0.1) is 18.0 Å². The SMILES string of the molecule is CC(C)Cn1ncc(NCCC(C)O)c(Br)c1=O. The van der Waals surface area contributed by atoms with E-state index in [9.17, 15) is 4.79 Å². The monoisotopic (exact) mass is 317 g/mol. The molecule has 1 heterocycles. The van der Waals surface area contributed by atoms with Crippen molar-refractivity contribution in [2.24, 2.45) is 5.92 Å². The molecular formula is C12H20BrN3O2. The zero-order valence-corrected chi connectivity index (χ0v) is 12.6. The van der Waals surface area contributed by atoms with Crippen molar-refractivity contribution in [3.05, 3.63) is 21.0 Å². The molecule has 2 N–H and O–H groups in total. The van der Waals surface area contributed by atoms with Gasteiger partial charge < -0.3 is 10.4 Å². The topological polar surface area (TPSA) is 67.2 Å². The number of aliphatic hydroxyl groups excluding tert-OH is 1. The summed E-state index contributed by atoms with van der Waals surface area (Å²) in [6, 6.07) is 0. The summed E-state index contributed by atoms with van der Waals surface area (Å²) < 4.78 is 1.94. The van der Waals surface area contributed by atoms with Gasteiger partial charge >= 0.3 is 0 Å². The molecule has 0 radical (unpaired) electrons. The van der Waals surface area contributed by atoms with Crippen LogP contribution < -0.4 is 10.9 Å². The standard InChI is InChI=1S/C12H20BrN3O2/c1-8(2)7-16-12(18)11(13)10(6-15-16)14-5-4-9(3)17/h6,8-9,14,17H,4-5,7H2,1-3H3. The fourth-order valence-corrected chi connectivity index (χ4v) is 1.93. The Morgan fingerprint density at radius 3 is 2.72 bits per heavy atom. The highest BCUT2D eigenvalue weighted by molar-refractivity contribution is 9.10. The van der Waals surface area contributed by atoms with E-state index in [4.69, 9.17) is 5.11 Å². The Labute approximate surface area is 115 Å². The van der Waals surface area contributed by atoms with Gasteiger partial charge in [-0.25, -0.2) is 4.68 Å². The van der Waals surface area contributed by atoms with Crippen LogP contribution in [0.5, 0.6) is 0 Å². The van der Waals surface area contributed by atoms with E-state index in [1.54, 1.807) is 13.1 Å². The molecule has 1 atom stereocenters. The van der Waals surface area contributed by atoms with Crippen LogP contribution in [-0.2, 0) is 6.54 Å². The van der Waals surface area contributed by atoms with Crippen molar-refractivity contribution in [2.45, 2.75) is 39.8 Å². The molecule has 0 aliphatic rings. The number of aliphatic hydroxyl groups is 1. The highest BCUT2D eigenvalue weighted by Gasteiger charge is 2.09. The predicted octanol–water partition coefficient (Wildman–Crippen LogP) is 1.84. The number of nitrogens with zero attached hydrogens (tertiary/aromatic N) is 2. The third-order valence-electron chi connectivity index (χ3n) is 2.40. The van der Waals surface area contributed by atoms with E-state index in [1.165, 1.54) is 4.68 Å². The van der Waals surface area contributed by atoms with Gasteiger partial charge in [0, 0.05) is 13.1 Å². The molecule has 5 nitrogen and oxygen atoms in total. The van der Waals surface area contributed by atoms with E-state index in [1.807, 2.05) is 13.8 Å². The number of rotatable bonds is 6. The lowest BCUT2D eigenvalue weighted by atomic mass is 10.2. The van der Waals surface area contributed by atoms with Crippen LogP contribution in [0, 0.1) is 5.92 Å². The van der Waals surface area contributed by atoms with Crippen LogP contribution in [0.25, 0.3) is 0 Å². The summed E-state index contributed by atoms with van der Waals surface area (Å²) in [5.41, 5.74) is 0.534. The predicted molar refractivity (Wildman–Crippen MR) is 75.8 cm³/mol. The minimum atomic E-state index is -0.356. The van der Waals surface area contributed by atoms with E-state index in [0.717, 1.165) is 0 Å². The molecule has 0 saturated carbocycles. The second-order valence-electron chi connectivity index (χ2n) is 4.82. The van der Waals surface area contributed by atoms with Gasteiger partial charge in [0.1, 0.15) is 4.47 Å². The fourth-order valence-electron chi connectivity index (χ4n) is 1.48. The van der Waals surface area contributed by atoms with Crippen LogP contribution in [-0.4, -0.2) is 27.5 Å². The molecule has 0 amide bonds. The molecule has 0 saturated heterocycles. The first-order valence-corrected chi connectivity index (χ1v) is 6.88. The van der Waals surface area contributed by atoms with Crippen molar-refractivity contribution < 1.29 is 5.11 Å². The van der Waals surface area contributed by atoms with Crippen LogP contribution in [0.3, 0.4) is 0 Å². The second-order valence-corrected chi connectivity index (χ2v) is 5.61. The molecule has 0 spiro atoms. The molecule has 0 bridgehead atoms. The van der Waals surface area contributed by atoms with Crippen LogP contribution in [0.15, 0.2) is 15.5 Å². The summed E-state index contributed by atoms with van der Waals surface area (Å²) >= 11 is 3.29. The first-order valence-electron chi connectivity index (χ1n) is 6.09. The van der Waals surface area contributed by atoms with Crippen molar-refractivity contribution >= 4 is 21.6 Å². The Kier molecular flexibility index (Phi) is 5.81. The maximum atomic E-state index is 12.0. The number of halogens is 1. The van der Waals surface area contributed by atoms with Gasteiger partial charge in [0.15, 0.2) is 0 Å². The Hall–Kier alpha value is -0.880. The summed E-state index contributed by atoms with van der Waals surface area (Å²) in [6.07, 6.45) is 1.91. The number of anilines is 1. The average Bonchev–Trinajstić information content (AvgIpc) is 2.27. The molecule has 0 aliphatic heterocycles. The van der Waals surface area contributed by atoms with Crippen LogP contribution in [0.4, 0.5) is 5.69 Å². The van der Waals surface area contributed by atoms with Crippen molar-refractivity contribution in [3.8, 4) is 0 Å². The van der Waals surface area contributed by atoms with Gasteiger partial charge in [-0.2, -0.15) is 5.10 Å². The van der Waals surface area contributed by atoms with E-state index < -0.39 is 0 Å². The Bertz CT molecular complexity index is 443. The van der Waals surface area contributed by atoms with E-state index in [2.05, 4.69) is 26.3 Å². The largest absolute Gasteiger partial charge is 0.393 e. The maximum absolute atomic E-state index is 12.0.